The molecule has 0 saturated carbocycles. The van der Waals surface area contributed by atoms with E-state index in [1.165, 1.54) is 12.8 Å². The van der Waals surface area contributed by atoms with Gasteiger partial charge in [-0.15, -0.1) is 0 Å². The van der Waals surface area contributed by atoms with Gasteiger partial charge in [-0.05, 0) is 44.8 Å². The molecule has 0 aliphatic carbocycles. The lowest BCUT2D eigenvalue weighted by Crippen LogP contribution is -2.39. The van der Waals surface area contributed by atoms with Gasteiger partial charge in [0.15, 0.2) is 0 Å². The van der Waals surface area contributed by atoms with E-state index in [2.05, 4.69) is 17.1 Å². The summed E-state index contributed by atoms with van der Waals surface area (Å²) in [6, 6.07) is 0. The molecule has 6 heteroatoms. The van der Waals surface area contributed by atoms with Crippen molar-refractivity contribution in [3.8, 4) is 0 Å². The second kappa shape index (κ2) is 7.31. The maximum Gasteiger partial charge on any atom is 0.210 e. The van der Waals surface area contributed by atoms with Crippen LogP contribution in [0.15, 0.2) is 0 Å². The Balaban J connectivity index is 2.36. The van der Waals surface area contributed by atoms with Crippen molar-refractivity contribution in [1.82, 2.24) is 10.2 Å². The number of nitrogens with one attached hydrogen (secondary N) is 1. The number of nitrogens with two attached hydrogens (primary N) is 1. The Hall–Kier alpha value is -0.170. The van der Waals surface area contributed by atoms with Crippen LogP contribution in [0.5, 0.6) is 0 Å². The van der Waals surface area contributed by atoms with Crippen molar-refractivity contribution >= 4 is 10.0 Å². The molecule has 0 radical (unpaired) electrons. The second-order valence-electron chi connectivity index (χ2n) is 4.86. The molecule has 0 spiro atoms. The van der Waals surface area contributed by atoms with Crippen LogP contribution in [0, 0.1) is 5.92 Å². The predicted octanol–water partition coefficient (Wildman–Crippen LogP) is -0.0135. The summed E-state index contributed by atoms with van der Waals surface area (Å²) < 4.78 is 21.9. The summed E-state index contributed by atoms with van der Waals surface area (Å²) in [7, 11) is -3.33. The summed E-state index contributed by atoms with van der Waals surface area (Å²) in [5.41, 5.74) is 0. The first-order chi connectivity index (χ1) is 8.01. The topological polar surface area (TPSA) is 75.4 Å². The lowest BCUT2D eigenvalue weighted by molar-refractivity contribution is 0.214. The summed E-state index contributed by atoms with van der Waals surface area (Å²) >= 11 is 0. The highest BCUT2D eigenvalue weighted by atomic mass is 32.2. The van der Waals surface area contributed by atoms with Gasteiger partial charge >= 0.3 is 0 Å². The standard InChI is InChI=1S/C11H25N3O2S/c1-2-7-14(8-9-17(12,15)16)10-11-3-5-13-6-4-11/h11,13H,2-10H2,1H3,(H2,12,15,16). The molecule has 1 fully saturated rings. The van der Waals surface area contributed by atoms with E-state index in [1.54, 1.807) is 0 Å². The Labute approximate surface area is 105 Å². The van der Waals surface area contributed by atoms with E-state index in [9.17, 15) is 8.42 Å². The number of hydrogen-bond donors (Lipinski definition) is 2. The van der Waals surface area contributed by atoms with Gasteiger partial charge in [-0.1, -0.05) is 6.92 Å². The molecule has 3 N–H and O–H groups in total. The number of hydrogen-bond acceptors (Lipinski definition) is 4. The lowest BCUT2D eigenvalue weighted by atomic mass is 9.97. The van der Waals surface area contributed by atoms with Gasteiger partial charge < -0.3 is 10.2 Å². The minimum atomic E-state index is -3.33. The first-order valence-electron chi connectivity index (χ1n) is 6.45. The van der Waals surface area contributed by atoms with Crippen molar-refractivity contribution in [2.45, 2.75) is 26.2 Å². The van der Waals surface area contributed by atoms with Crippen LogP contribution < -0.4 is 10.5 Å². The monoisotopic (exact) mass is 263 g/mol. The summed E-state index contributed by atoms with van der Waals surface area (Å²) in [5, 5.41) is 8.39. The number of primary sulfonamides is 1. The second-order valence-corrected chi connectivity index (χ2v) is 6.59. The van der Waals surface area contributed by atoms with Crippen LogP contribution in [0.4, 0.5) is 0 Å². The third kappa shape index (κ3) is 6.98. The van der Waals surface area contributed by atoms with Crippen LogP contribution in [-0.2, 0) is 10.0 Å². The first kappa shape index (κ1) is 14.9. The molecule has 0 unspecified atom stereocenters. The fourth-order valence-electron chi connectivity index (χ4n) is 2.30. The van der Waals surface area contributed by atoms with E-state index in [0.29, 0.717) is 12.5 Å². The van der Waals surface area contributed by atoms with Crippen molar-refractivity contribution in [3.63, 3.8) is 0 Å². The molecule has 102 valence electrons. The Kier molecular flexibility index (Phi) is 6.40. The normalized spacial score (nSPS) is 18.8. The molecule has 1 rings (SSSR count). The number of sulfonamides is 1. The van der Waals surface area contributed by atoms with Gasteiger partial charge in [0.05, 0.1) is 5.75 Å². The van der Waals surface area contributed by atoms with Crippen LogP contribution in [0.1, 0.15) is 26.2 Å². The zero-order chi connectivity index (χ0) is 12.7. The SMILES string of the molecule is CCCN(CCS(N)(=O)=O)CC1CCNCC1. The molecular weight excluding hydrogens is 238 g/mol. The van der Waals surface area contributed by atoms with E-state index in [-0.39, 0.29) is 5.75 Å². The molecule has 0 bridgehead atoms. The number of nitrogens with zero attached hydrogens (tertiary/aromatic N) is 1. The molecule has 1 aliphatic heterocycles. The molecular formula is C11H25N3O2S. The number of rotatable bonds is 7. The Morgan fingerprint density at radius 3 is 2.47 bits per heavy atom. The molecule has 1 heterocycles. The van der Waals surface area contributed by atoms with Crippen LogP contribution in [-0.4, -0.2) is 51.8 Å². The third-order valence-electron chi connectivity index (χ3n) is 3.21. The Morgan fingerprint density at radius 2 is 1.94 bits per heavy atom. The molecule has 0 aromatic rings. The van der Waals surface area contributed by atoms with Crippen molar-refractivity contribution in [1.29, 1.82) is 0 Å². The van der Waals surface area contributed by atoms with Gasteiger partial charge in [-0.25, -0.2) is 13.6 Å². The van der Waals surface area contributed by atoms with E-state index in [1.807, 2.05) is 0 Å². The maximum absolute atomic E-state index is 11.0. The van der Waals surface area contributed by atoms with Gasteiger partial charge in [-0.2, -0.15) is 0 Å². The van der Waals surface area contributed by atoms with E-state index in [0.717, 1.165) is 32.6 Å². The van der Waals surface area contributed by atoms with Gasteiger partial charge in [0.2, 0.25) is 10.0 Å². The van der Waals surface area contributed by atoms with Gasteiger partial charge in [0, 0.05) is 13.1 Å². The smallest absolute Gasteiger partial charge is 0.210 e. The minimum Gasteiger partial charge on any atom is -0.317 e. The summed E-state index contributed by atoms with van der Waals surface area (Å²) in [5.74, 6) is 0.765. The van der Waals surface area contributed by atoms with Gasteiger partial charge in [0.1, 0.15) is 0 Å². The van der Waals surface area contributed by atoms with Crippen LogP contribution >= 0.6 is 0 Å². The summed E-state index contributed by atoms with van der Waals surface area (Å²) in [4.78, 5) is 2.24. The fraction of sp³-hybridized carbons (Fsp3) is 1.00. The van der Waals surface area contributed by atoms with Crippen molar-refractivity contribution in [2.24, 2.45) is 11.1 Å². The van der Waals surface area contributed by atoms with Gasteiger partial charge in [0.25, 0.3) is 0 Å². The fourth-order valence-corrected chi connectivity index (χ4v) is 2.81. The lowest BCUT2D eigenvalue weighted by Gasteiger charge is -2.29. The minimum absolute atomic E-state index is 0.0674. The van der Waals surface area contributed by atoms with Crippen LogP contribution in [0.25, 0.3) is 0 Å². The van der Waals surface area contributed by atoms with Gasteiger partial charge in [-0.3, -0.25) is 0 Å². The van der Waals surface area contributed by atoms with E-state index in [4.69, 9.17) is 5.14 Å². The zero-order valence-electron chi connectivity index (χ0n) is 10.7. The summed E-state index contributed by atoms with van der Waals surface area (Å²) in [6.45, 7) is 6.81. The quantitative estimate of drug-likeness (QED) is 0.677. The summed E-state index contributed by atoms with van der Waals surface area (Å²) in [6.07, 6.45) is 3.43. The molecule has 17 heavy (non-hydrogen) atoms. The maximum atomic E-state index is 11.0. The number of piperidine rings is 1. The predicted molar refractivity (Wildman–Crippen MR) is 70.3 cm³/mol. The molecule has 0 aromatic heterocycles. The molecule has 1 aliphatic rings. The average Bonchev–Trinajstić information content (AvgIpc) is 2.27. The molecule has 1 saturated heterocycles. The van der Waals surface area contributed by atoms with E-state index < -0.39 is 10.0 Å². The van der Waals surface area contributed by atoms with Crippen LogP contribution in [0.2, 0.25) is 0 Å². The van der Waals surface area contributed by atoms with Crippen molar-refractivity contribution < 1.29 is 8.42 Å². The molecule has 0 atom stereocenters. The first-order valence-corrected chi connectivity index (χ1v) is 8.16. The average molecular weight is 263 g/mol. The Morgan fingerprint density at radius 1 is 1.29 bits per heavy atom. The Bertz CT molecular complexity index is 300. The zero-order valence-corrected chi connectivity index (χ0v) is 11.5. The van der Waals surface area contributed by atoms with Crippen molar-refractivity contribution in [2.75, 3.05) is 38.5 Å². The highest BCUT2D eigenvalue weighted by Gasteiger charge is 2.17. The molecule has 0 aromatic carbocycles. The highest BCUT2D eigenvalue weighted by molar-refractivity contribution is 7.89. The largest absolute Gasteiger partial charge is 0.317 e. The third-order valence-corrected chi connectivity index (χ3v) is 3.96. The molecule has 5 nitrogen and oxygen atoms in total. The molecule has 0 amide bonds. The highest BCUT2D eigenvalue weighted by Crippen LogP contribution is 2.13. The van der Waals surface area contributed by atoms with Crippen molar-refractivity contribution in [3.05, 3.63) is 0 Å². The van der Waals surface area contributed by atoms with E-state index >= 15 is 0 Å². The van der Waals surface area contributed by atoms with Crippen LogP contribution in [0.3, 0.4) is 0 Å².